The molecule has 41 heavy (non-hydrogen) atoms. The molecule has 0 bridgehead atoms. The third kappa shape index (κ3) is 6.45. The molecular weight excluding hydrogens is 548 g/mol. The Bertz CT molecular complexity index is 1530. The molecule has 3 N–H and O–H groups in total. The highest BCUT2D eigenvalue weighted by Gasteiger charge is 2.22. The molecule has 2 aromatic carbocycles. The Morgan fingerprint density at radius 2 is 1.78 bits per heavy atom. The summed E-state index contributed by atoms with van der Waals surface area (Å²) in [6.45, 7) is 5.20. The second-order valence-electron chi connectivity index (χ2n) is 10.4. The van der Waals surface area contributed by atoms with Gasteiger partial charge in [-0.05, 0) is 56.3 Å². The van der Waals surface area contributed by atoms with Gasteiger partial charge in [-0.3, -0.25) is 9.89 Å². The number of ether oxygens (including phenoxy) is 1. The Labute approximate surface area is 240 Å². The second-order valence-corrected chi connectivity index (χ2v) is 11.5. The Hall–Kier alpha value is -3.74. The van der Waals surface area contributed by atoms with E-state index >= 15 is 0 Å². The quantitative estimate of drug-likeness (QED) is 0.282. The number of fused-ring (bicyclic) bond motifs is 1. The van der Waals surface area contributed by atoms with Crippen molar-refractivity contribution in [2.24, 2.45) is 0 Å². The minimum absolute atomic E-state index is 0.211. The van der Waals surface area contributed by atoms with Crippen LogP contribution in [-0.4, -0.2) is 78.5 Å². The molecule has 214 valence electrons. The van der Waals surface area contributed by atoms with Gasteiger partial charge in [-0.25, -0.2) is 13.8 Å². The van der Waals surface area contributed by atoms with E-state index in [0.29, 0.717) is 45.4 Å². The van der Waals surface area contributed by atoms with Crippen LogP contribution in [0.5, 0.6) is 0 Å². The van der Waals surface area contributed by atoms with Crippen LogP contribution >= 0.6 is 11.8 Å². The van der Waals surface area contributed by atoms with Crippen molar-refractivity contribution in [3.8, 4) is 0 Å². The number of nitrogens with zero attached hydrogens (tertiary/aromatic N) is 4. The number of rotatable bonds is 7. The molecule has 6 rings (SSSR count). The number of likely N-dealkylation sites (N-methyl/N-ethyl adjacent to an activating group) is 1. The summed E-state index contributed by atoms with van der Waals surface area (Å²) in [5, 5.41) is 14.2. The lowest BCUT2D eigenvalue weighted by molar-refractivity contribution is 0.0904. The van der Waals surface area contributed by atoms with Gasteiger partial charge in [-0.1, -0.05) is 11.8 Å². The van der Waals surface area contributed by atoms with Crippen LogP contribution in [0.3, 0.4) is 0 Å². The Balaban J connectivity index is 1.25. The molecule has 2 aromatic heterocycles. The number of anilines is 3. The summed E-state index contributed by atoms with van der Waals surface area (Å²) in [4.78, 5) is 23.7. The van der Waals surface area contributed by atoms with Crippen molar-refractivity contribution in [2.75, 3.05) is 62.0 Å². The molecule has 4 heterocycles. The van der Waals surface area contributed by atoms with Crippen molar-refractivity contribution in [1.29, 1.82) is 0 Å². The average Bonchev–Trinajstić information content (AvgIpc) is 3.35. The molecule has 0 radical (unpaired) electrons. The molecule has 12 heteroatoms. The molecule has 0 aliphatic carbocycles. The molecule has 0 atom stereocenters. The summed E-state index contributed by atoms with van der Waals surface area (Å²) in [5.74, 6) is -1.20. The van der Waals surface area contributed by atoms with Gasteiger partial charge in [0.1, 0.15) is 17.5 Å². The number of hydrogen-bond donors (Lipinski definition) is 3. The van der Waals surface area contributed by atoms with E-state index in [4.69, 9.17) is 4.74 Å². The standard InChI is InChI=1S/C29H31F2N7O2S/c1-37-6-8-38(9-7-37)21-2-3-24(26(15-21)33-20-4-10-40-11-5-20)29(39)34-28-25-16-23(17-32-27(25)35-36-28)41-22-13-18(30)12-19(31)14-22/h2-3,12-17,20,33H,4-11H2,1H3,(H2,32,34,35,36,39). The van der Waals surface area contributed by atoms with Gasteiger partial charge in [-0.2, -0.15) is 5.10 Å². The van der Waals surface area contributed by atoms with Crippen molar-refractivity contribution >= 4 is 45.9 Å². The maximum atomic E-state index is 13.7. The number of pyridine rings is 1. The number of halogens is 2. The highest BCUT2D eigenvalue weighted by atomic mass is 32.2. The minimum Gasteiger partial charge on any atom is -0.381 e. The fourth-order valence-electron chi connectivity index (χ4n) is 5.11. The maximum absolute atomic E-state index is 13.7. The van der Waals surface area contributed by atoms with E-state index in [1.54, 1.807) is 12.3 Å². The molecular formula is C29H31F2N7O2S. The fourth-order valence-corrected chi connectivity index (χ4v) is 6.01. The number of aromatic nitrogens is 3. The topological polar surface area (TPSA) is 98.4 Å². The lowest BCUT2D eigenvalue weighted by Gasteiger charge is -2.34. The number of amides is 1. The number of piperazine rings is 1. The largest absolute Gasteiger partial charge is 0.381 e. The third-order valence-corrected chi connectivity index (χ3v) is 8.32. The summed E-state index contributed by atoms with van der Waals surface area (Å²) in [6.07, 6.45) is 3.31. The molecule has 0 saturated carbocycles. The van der Waals surface area contributed by atoms with E-state index in [-0.39, 0.29) is 11.9 Å². The summed E-state index contributed by atoms with van der Waals surface area (Å²) in [6, 6.07) is 11.3. The normalized spacial score (nSPS) is 16.7. The van der Waals surface area contributed by atoms with Crippen LogP contribution in [0.2, 0.25) is 0 Å². The van der Waals surface area contributed by atoms with Gasteiger partial charge in [0.25, 0.3) is 5.91 Å². The van der Waals surface area contributed by atoms with Crippen molar-refractivity contribution in [3.05, 3.63) is 65.9 Å². The van der Waals surface area contributed by atoms with Crippen LogP contribution in [0.25, 0.3) is 11.0 Å². The Morgan fingerprint density at radius 1 is 1.02 bits per heavy atom. The highest BCUT2D eigenvalue weighted by Crippen LogP contribution is 2.32. The first kappa shape index (κ1) is 27.4. The molecule has 2 saturated heterocycles. The number of carbonyl (C=O) groups excluding carboxylic acids is 1. The van der Waals surface area contributed by atoms with Crippen LogP contribution in [0.15, 0.2) is 58.5 Å². The number of nitrogens with one attached hydrogen (secondary N) is 3. The van der Waals surface area contributed by atoms with E-state index in [9.17, 15) is 13.6 Å². The molecule has 2 aliphatic heterocycles. The smallest absolute Gasteiger partial charge is 0.258 e. The number of benzene rings is 2. The van der Waals surface area contributed by atoms with Gasteiger partial charge in [0.15, 0.2) is 5.65 Å². The Morgan fingerprint density at radius 3 is 2.54 bits per heavy atom. The minimum atomic E-state index is -0.651. The van der Waals surface area contributed by atoms with E-state index in [1.807, 2.05) is 12.1 Å². The molecule has 1 amide bonds. The van der Waals surface area contributed by atoms with Crippen molar-refractivity contribution in [2.45, 2.75) is 28.7 Å². The number of carbonyl (C=O) groups is 1. The molecule has 2 fully saturated rings. The van der Waals surface area contributed by atoms with Gasteiger partial charge in [0, 0.05) is 78.9 Å². The molecule has 0 spiro atoms. The monoisotopic (exact) mass is 579 g/mol. The van der Waals surface area contributed by atoms with E-state index in [2.05, 4.69) is 48.7 Å². The lowest BCUT2D eigenvalue weighted by atomic mass is 10.1. The first-order valence-electron chi connectivity index (χ1n) is 13.6. The van der Waals surface area contributed by atoms with Crippen LogP contribution < -0.4 is 15.5 Å². The first-order chi connectivity index (χ1) is 19.9. The van der Waals surface area contributed by atoms with Gasteiger partial charge in [0.05, 0.1) is 10.9 Å². The fraction of sp³-hybridized carbons (Fsp3) is 0.345. The van der Waals surface area contributed by atoms with Crippen LogP contribution in [-0.2, 0) is 4.74 Å². The van der Waals surface area contributed by atoms with Crippen LogP contribution in [0, 0.1) is 11.6 Å². The summed E-state index contributed by atoms with van der Waals surface area (Å²) in [5.41, 5.74) is 2.79. The number of aromatic amines is 1. The number of hydrogen-bond acceptors (Lipinski definition) is 8. The molecule has 4 aromatic rings. The highest BCUT2D eigenvalue weighted by molar-refractivity contribution is 7.99. The zero-order chi connectivity index (χ0) is 28.3. The van der Waals surface area contributed by atoms with Crippen LogP contribution in [0.4, 0.5) is 26.0 Å². The van der Waals surface area contributed by atoms with E-state index in [1.165, 1.54) is 23.9 Å². The molecule has 0 unspecified atom stereocenters. The predicted octanol–water partition coefficient (Wildman–Crippen LogP) is 4.98. The van der Waals surface area contributed by atoms with Gasteiger partial charge < -0.3 is 25.2 Å². The van der Waals surface area contributed by atoms with Crippen molar-refractivity contribution < 1.29 is 18.3 Å². The summed E-state index contributed by atoms with van der Waals surface area (Å²) in [7, 11) is 2.13. The molecule has 9 nitrogen and oxygen atoms in total. The van der Waals surface area contributed by atoms with Gasteiger partial charge >= 0.3 is 0 Å². The van der Waals surface area contributed by atoms with Gasteiger partial charge in [-0.15, -0.1) is 0 Å². The zero-order valence-corrected chi connectivity index (χ0v) is 23.4. The summed E-state index contributed by atoms with van der Waals surface area (Å²) < 4.78 is 32.9. The Kier molecular flexibility index (Phi) is 8.04. The van der Waals surface area contributed by atoms with E-state index in [0.717, 1.165) is 56.5 Å². The zero-order valence-electron chi connectivity index (χ0n) is 22.6. The van der Waals surface area contributed by atoms with E-state index < -0.39 is 11.6 Å². The van der Waals surface area contributed by atoms with Crippen molar-refractivity contribution in [3.63, 3.8) is 0 Å². The third-order valence-electron chi connectivity index (χ3n) is 7.39. The first-order valence-corrected chi connectivity index (χ1v) is 14.4. The second kappa shape index (κ2) is 12.0. The van der Waals surface area contributed by atoms with Crippen molar-refractivity contribution in [1.82, 2.24) is 20.1 Å². The lowest BCUT2D eigenvalue weighted by Crippen LogP contribution is -2.44. The van der Waals surface area contributed by atoms with Crippen LogP contribution in [0.1, 0.15) is 23.2 Å². The SMILES string of the molecule is CN1CCN(c2ccc(C(=O)Nc3[nH]nc4ncc(Sc5cc(F)cc(F)c5)cc34)c(NC3CCOCC3)c2)CC1. The van der Waals surface area contributed by atoms with Gasteiger partial charge in [0.2, 0.25) is 0 Å². The average molecular weight is 580 g/mol. The molecule has 2 aliphatic rings. The summed E-state index contributed by atoms with van der Waals surface area (Å²) >= 11 is 1.17. The maximum Gasteiger partial charge on any atom is 0.258 e. The number of H-pyrrole nitrogens is 1. The predicted molar refractivity (Wildman–Crippen MR) is 156 cm³/mol.